The highest BCUT2D eigenvalue weighted by atomic mass is 35.5. The molecule has 84 valence electrons. The standard InChI is InChI=1S/C8H8ClF3N2S/c1-4(2)15-6-3-5(9)13-7(14-6)8(10,11)12/h3-4H,1-2H3. The van der Waals surface area contributed by atoms with Crippen LogP contribution in [0.15, 0.2) is 11.1 Å². The normalized spacial score (nSPS) is 12.2. The van der Waals surface area contributed by atoms with E-state index in [0.29, 0.717) is 0 Å². The zero-order chi connectivity index (χ0) is 11.6. The summed E-state index contributed by atoms with van der Waals surface area (Å²) in [5.41, 5.74) is 0. The van der Waals surface area contributed by atoms with Gasteiger partial charge in [0.2, 0.25) is 5.82 Å². The SMILES string of the molecule is CC(C)Sc1cc(Cl)nc(C(F)(F)F)n1. The van der Waals surface area contributed by atoms with Gasteiger partial charge in [0.25, 0.3) is 0 Å². The minimum Gasteiger partial charge on any atom is -0.218 e. The van der Waals surface area contributed by atoms with Gasteiger partial charge in [-0.2, -0.15) is 13.2 Å². The molecule has 0 radical (unpaired) electrons. The molecule has 0 amide bonds. The number of thioether (sulfide) groups is 1. The summed E-state index contributed by atoms with van der Waals surface area (Å²) in [5, 5.41) is 0.176. The van der Waals surface area contributed by atoms with Gasteiger partial charge in [0.15, 0.2) is 0 Å². The van der Waals surface area contributed by atoms with Crippen LogP contribution in [0.2, 0.25) is 5.15 Å². The monoisotopic (exact) mass is 256 g/mol. The first-order valence-electron chi connectivity index (χ1n) is 4.07. The Labute approximate surface area is 94.3 Å². The van der Waals surface area contributed by atoms with E-state index in [4.69, 9.17) is 11.6 Å². The van der Waals surface area contributed by atoms with Crippen molar-refractivity contribution in [3.63, 3.8) is 0 Å². The van der Waals surface area contributed by atoms with E-state index in [0.717, 1.165) is 0 Å². The number of hydrogen-bond donors (Lipinski definition) is 0. The number of hydrogen-bond acceptors (Lipinski definition) is 3. The van der Waals surface area contributed by atoms with Gasteiger partial charge in [-0.1, -0.05) is 25.4 Å². The highest BCUT2D eigenvalue weighted by molar-refractivity contribution is 7.99. The second-order valence-corrected chi connectivity index (χ2v) is 5.00. The molecule has 0 N–H and O–H groups in total. The van der Waals surface area contributed by atoms with Crippen LogP contribution in [0.3, 0.4) is 0 Å². The van der Waals surface area contributed by atoms with E-state index in [2.05, 4.69) is 9.97 Å². The summed E-state index contributed by atoms with van der Waals surface area (Å²) in [6, 6.07) is 1.32. The third-order valence-corrected chi connectivity index (χ3v) is 2.40. The largest absolute Gasteiger partial charge is 0.451 e. The van der Waals surface area contributed by atoms with E-state index in [1.165, 1.54) is 17.8 Å². The smallest absolute Gasteiger partial charge is 0.218 e. The van der Waals surface area contributed by atoms with Crippen molar-refractivity contribution in [1.29, 1.82) is 0 Å². The third kappa shape index (κ3) is 3.87. The van der Waals surface area contributed by atoms with E-state index in [-0.39, 0.29) is 15.4 Å². The molecule has 1 heterocycles. The molecular formula is C8H8ClF3N2S. The number of nitrogens with zero attached hydrogens (tertiary/aromatic N) is 2. The van der Waals surface area contributed by atoms with E-state index in [1.54, 1.807) is 0 Å². The summed E-state index contributed by atoms with van der Waals surface area (Å²) in [4.78, 5) is 6.52. The predicted molar refractivity (Wildman–Crippen MR) is 53.0 cm³/mol. The number of rotatable bonds is 2. The molecule has 0 aliphatic heterocycles. The van der Waals surface area contributed by atoms with Crippen LogP contribution in [-0.2, 0) is 6.18 Å². The average molecular weight is 257 g/mol. The summed E-state index contributed by atoms with van der Waals surface area (Å²) in [7, 11) is 0. The molecule has 0 unspecified atom stereocenters. The van der Waals surface area contributed by atoms with Gasteiger partial charge in [-0.3, -0.25) is 0 Å². The van der Waals surface area contributed by atoms with Crippen LogP contribution in [0, 0.1) is 0 Å². The highest BCUT2D eigenvalue weighted by Gasteiger charge is 2.35. The Balaban J connectivity index is 3.06. The van der Waals surface area contributed by atoms with Gasteiger partial charge >= 0.3 is 6.18 Å². The first-order valence-corrected chi connectivity index (χ1v) is 5.33. The molecule has 7 heteroatoms. The van der Waals surface area contributed by atoms with Gasteiger partial charge in [0.1, 0.15) is 10.2 Å². The summed E-state index contributed by atoms with van der Waals surface area (Å²) < 4.78 is 36.9. The molecule has 0 saturated heterocycles. The molecule has 15 heavy (non-hydrogen) atoms. The lowest BCUT2D eigenvalue weighted by molar-refractivity contribution is -0.145. The molecule has 0 aliphatic carbocycles. The Morgan fingerprint density at radius 1 is 1.33 bits per heavy atom. The van der Waals surface area contributed by atoms with Crippen LogP contribution in [0.5, 0.6) is 0 Å². The maximum atomic E-state index is 12.3. The topological polar surface area (TPSA) is 25.8 Å². The molecule has 1 aromatic rings. The van der Waals surface area contributed by atoms with Crippen LogP contribution < -0.4 is 0 Å². The lowest BCUT2D eigenvalue weighted by Gasteiger charge is -2.08. The van der Waals surface area contributed by atoms with Crippen LogP contribution in [-0.4, -0.2) is 15.2 Å². The van der Waals surface area contributed by atoms with Gasteiger partial charge in [0.05, 0.1) is 0 Å². The fourth-order valence-corrected chi connectivity index (χ4v) is 1.88. The minimum atomic E-state index is -4.56. The Kier molecular flexibility index (Phi) is 3.83. The molecule has 0 spiro atoms. The Morgan fingerprint density at radius 3 is 2.40 bits per heavy atom. The molecule has 0 aliphatic rings. The molecule has 1 aromatic heterocycles. The molecule has 0 bridgehead atoms. The number of halogens is 4. The first kappa shape index (κ1) is 12.6. The van der Waals surface area contributed by atoms with Gasteiger partial charge in [0, 0.05) is 11.3 Å². The van der Waals surface area contributed by atoms with Crippen LogP contribution >= 0.6 is 23.4 Å². The van der Waals surface area contributed by atoms with E-state index >= 15 is 0 Å². The Morgan fingerprint density at radius 2 is 1.93 bits per heavy atom. The molecule has 0 aromatic carbocycles. The molecule has 0 atom stereocenters. The summed E-state index contributed by atoms with van der Waals surface area (Å²) in [5.74, 6) is -1.20. The van der Waals surface area contributed by atoms with Crippen molar-refractivity contribution in [2.45, 2.75) is 30.3 Å². The lowest BCUT2D eigenvalue weighted by atomic mass is 10.5. The molecule has 0 saturated carbocycles. The third-order valence-electron chi connectivity index (χ3n) is 1.28. The Bertz CT molecular complexity index is 354. The van der Waals surface area contributed by atoms with Crippen molar-refractivity contribution < 1.29 is 13.2 Å². The molecule has 0 fully saturated rings. The average Bonchev–Trinajstić information content (AvgIpc) is 1.99. The minimum absolute atomic E-state index is 0.136. The van der Waals surface area contributed by atoms with Crippen molar-refractivity contribution in [2.75, 3.05) is 0 Å². The zero-order valence-corrected chi connectivity index (χ0v) is 9.54. The van der Waals surface area contributed by atoms with Crippen molar-refractivity contribution in [2.24, 2.45) is 0 Å². The van der Waals surface area contributed by atoms with Crippen molar-refractivity contribution in [3.05, 3.63) is 17.0 Å². The fraction of sp³-hybridized carbons (Fsp3) is 0.500. The van der Waals surface area contributed by atoms with Crippen molar-refractivity contribution >= 4 is 23.4 Å². The molecule has 2 nitrogen and oxygen atoms in total. The Hall–Kier alpha value is -0.490. The second-order valence-electron chi connectivity index (χ2n) is 3.02. The molecular weight excluding hydrogens is 249 g/mol. The fourth-order valence-electron chi connectivity index (χ4n) is 0.826. The van der Waals surface area contributed by atoms with E-state index in [1.807, 2.05) is 13.8 Å². The lowest BCUT2D eigenvalue weighted by Crippen LogP contribution is -2.11. The van der Waals surface area contributed by atoms with Crippen LogP contribution in [0.25, 0.3) is 0 Å². The van der Waals surface area contributed by atoms with Crippen molar-refractivity contribution in [3.8, 4) is 0 Å². The quantitative estimate of drug-likeness (QED) is 0.597. The van der Waals surface area contributed by atoms with Gasteiger partial charge in [-0.05, 0) is 0 Å². The summed E-state index contributed by atoms with van der Waals surface area (Å²) in [6.45, 7) is 3.71. The number of alkyl halides is 3. The van der Waals surface area contributed by atoms with E-state index < -0.39 is 12.0 Å². The van der Waals surface area contributed by atoms with E-state index in [9.17, 15) is 13.2 Å². The number of aromatic nitrogens is 2. The van der Waals surface area contributed by atoms with Crippen molar-refractivity contribution in [1.82, 2.24) is 9.97 Å². The second kappa shape index (κ2) is 4.57. The van der Waals surface area contributed by atoms with Gasteiger partial charge in [-0.25, -0.2) is 9.97 Å². The van der Waals surface area contributed by atoms with Crippen LogP contribution in [0.4, 0.5) is 13.2 Å². The highest BCUT2D eigenvalue weighted by Crippen LogP contribution is 2.30. The maximum Gasteiger partial charge on any atom is 0.451 e. The summed E-state index contributed by atoms with van der Waals surface area (Å²) in [6.07, 6.45) is -4.56. The van der Waals surface area contributed by atoms with Gasteiger partial charge in [-0.15, -0.1) is 11.8 Å². The molecule has 1 rings (SSSR count). The summed E-state index contributed by atoms with van der Waals surface area (Å²) >= 11 is 6.68. The maximum absolute atomic E-state index is 12.3. The zero-order valence-electron chi connectivity index (χ0n) is 7.97. The van der Waals surface area contributed by atoms with Gasteiger partial charge < -0.3 is 0 Å². The first-order chi connectivity index (χ1) is 6.79. The predicted octanol–water partition coefficient (Wildman–Crippen LogP) is 3.65. The van der Waals surface area contributed by atoms with Crippen LogP contribution in [0.1, 0.15) is 19.7 Å².